The number of hydrogen-bond donors (Lipinski definition) is 1. The monoisotopic (exact) mass is 342 g/mol. The van der Waals surface area contributed by atoms with Crippen molar-refractivity contribution in [3.8, 4) is 0 Å². The van der Waals surface area contributed by atoms with Crippen LogP contribution in [0.3, 0.4) is 0 Å². The third kappa shape index (κ3) is 3.36. The number of carbonyl (C=O) groups excluding carboxylic acids is 2. The van der Waals surface area contributed by atoms with Gasteiger partial charge in [0.25, 0.3) is 5.91 Å². The highest BCUT2D eigenvalue weighted by Gasteiger charge is 2.22. The molecular weight excluding hydrogens is 320 g/mol. The second kappa shape index (κ2) is 6.77. The van der Waals surface area contributed by atoms with Gasteiger partial charge in [-0.3, -0.25) is 9.59 Å². The molecule has 1 unspecified atom stereocenters. The lowest BCUT2D eigenvalue weighted by Crippen LogP contribution is -2.27. The number of amides is 2. The summed E-state index contributed by atoms with van der Waals surface area (Å²) in [6.07, 6.45) is 1.53. The Labute approximate surface area is 146 Å². The third-order valence-corrected chi connectivity index (χ3v) is 5.35. The van der Waals surface area contributed by atoms with Crippen molar-refractivity contribution in [1.29, 1.82) is 0 Å². The van der Waals surface area contributed by atoms with Crippen LogP contribution in [0.15, 0.2) is 30.3 Å². The van der Waals surface area contributed by atoms with E-state index in [1.807, 2.05) is 56.0 Å². The number of anilines is 1. The Morgan fingerprint density at radius 1 is 1.29 bits per heavy atom. The van der Waals surface area contributed by atoms with Crippen molar-refractivity contribution in [3.63, 3.8) is 0 Å². The quantitative estimate of drug-likeness (QED) is 0.913. The van der Waals surface area contributed by atoms with Crippen molar-refractivity contribution < 1.29 is 9.59 Å². The normalized spacial score (nSPS) is 15.6. The Bertz CT molecular complexity index is 781. The highest BCUT2D eigenvalue weighted by atomic mass is 32.1. The minimum Gasteiger partial charge on any atom is -0.345 e. The van der Waals surface area contributed by atoms with Crippen LogP contribution in [0.4, 0.5) is 5.69 Å². The summed E-state index contributed by atoms with van der Waals surface area (Å²) in [4.78, 5) is 28.4. The van der Waals surface area contributed by atoms with Crippen LogP contribution in [-0.4, -0.2) is 18.4 Å². The van der Waals surface area contributed by atoms with Crippen molar-refractivity contribution in [2.24, 2.45) is 0 Å². The fourth-order valence-electron chi connectivity index (χ4n) is 3.10. The lowest BCUT2D eigenvalue weighted by molar-refractivity contribution is -0.117. The molecular formula is C19H22N2O2S. The fraction of sp³-hybridized carbons (Fsp3) is 0.368. The lowest BCUT2D eigenvalue weighted by atomic mass is 10.1. The van der Waals surface area contributed by atoms with Gasteiger partial charge in [-0.25, -0.2) is 0 Å². The SMILES string of the molecule is Cc1cc(C(=O)NC(C)c2cccc(N3CCCC3=O)c2)c(C)s1. The maximum absolute atomic E-state index is 12.5. The van der Waals surface area contributed by atoms with Gasteiger partial charge >= 0.3 is 0 Å². The van der Waals surface area contributed by atoms with E-state index in [4.69, 9.17) is 0 Å². The Morgan fingerprint density at radius 2 is 2.08 bits per heavy atom. The van der Waals surface area contributed by atoms with Crippen LogP contribution in [0, 0.1) is 13.8 Å². The molecule has 0 radical (unpaired) electrons. The molecule has 1 aliphatic rings. The molecule has 1 N–H and O–H groups in total. The molecule has 1 aliphatic heterocycles. The van der Waals surface area contributed by atoms with Crippen LogP contribution >= 0.6 is 11.3 Å². The second-order valence-electron chi connectivity index (χ2n) is 6.27. The Morgan fingerprint density at radius 3 is 2.71 bits per heavy atom. The first-order valence-electron chi connectivity index (χ1n) is 8.24. The van der Waals surface area contributed by atoms with Gasteiger partial charge < -0.3 is 10.2 Å². The van der Waals surface area contributed by atoms with E-state index in [2.05, 4.69) is 5.32 Å². The molecule has 1 atom stereocenters. The number of aryl methyl sites for hydroxylation is 2. The molecule has 1 aromatic heterocycles. The smallest absolute Gasteiger partial charge is 0.252 e. The average molecular weight is 342 g/mol. The van der Waals surface area contributed by atoms with E-state index < -0.39 is 0 Å². The first-order chi connectivity index (χ1) is 11.5. The summed E-state index contributed by atoms with van der Waals surface area (Å²) in [5.41, 5.74) is 2.67. The number of rotatable bonds is 4. The van der Waals surface area contributed by atoms with Gasteiger partial charge in [-0.15, -0.1) is 11.3 Å². The predicted octanol–water partition coefficient (Wildman–Crippen LogP) is 3.98. The van der Waals surface area contributed by atoms with E-state index in [0.717, 1.165) is 39.5 Å². The number of hydrogen-bond acceptors (Lipinski definition) is 3. The minimum atomic E-state index is -0.116. The maximum Gasteiger partial charge on any atom is 0.252 e. The van der Waals surface area contributed by atoms with E-state index in [0.29, 0.717) is 6.42 Å². The summed E-state index contributed by atoms with van der Waals surface area (Å²) in [5, 5.41) is 3.06. The van der Waals surface area contributed by atoms with E-state index in [1.165, 1.54) is 0 Å². The van der Waals surface area contributed by atoms with Crippen LogP contribution in [0.5, 0.6) is 0 Å². The summed E-state index contributed by atoms with van der Waals surface area (Å²) in [6, 6.07) is 9.70. The Balaban J connectivity index is 1.75. The van der Waals surface area contributed by atoms with Gasteiger partial charge in [0.2, 0.25) is 5.91 Å². The number of nitrogens with one attached hydrogen (secondary N) is 1. The number of carbonyl (C=O) groups is 2. The van der Waals surface area contributed by atoms with Crippen LogP contribution in [0.25, 0.3) is 0 Å². The van der Waals surface area contributed by atoms with Gasteiger partial charge in [0.15, 0.2) is 0 Å². The molecule has 24 heavy (non-hydrogen) atoms. The molecule has 5 heteroatoms. The molecule has 3 rings (SSSR count). The Kier molecular flexibility index (Phi) is 4.71. The third-order valence-electron chi connectivity index (χ3n) is 4.39. The Hall–Kier alpha value is -2.14. The van der Waals surface area contributed by atoms with Crippen LogP contribution < -0.4 is 10.2 Å². The molecule has 1 aromatic carbocycles. The van der Waals surface area contributed by atoms with Gasteiger partial charge in [-0.1, -0.05) is 12.1 Å². The summed E-state index contributed by atoms with van der Waals surface area (Å²) < 4.78 is 0. The summed E-state index contributed by atoms with van der Waals surface area (Å²) in [5.74, 6) is 0.125. The molecule has 1 saturated heterocycles. The molecule has 0 aliphatic carbocycles. The standard InChI is InChI=1S/C19H22N2O2S/c1-12-10-17(14(3)24-12)19(23)20-13(2)15-6-4-7-16(11-15)21-9-5-8-18(21)22/h4,6-7,10-11,13H,5,8-9H2,1-3H3,(H,20,23). The van der Waals surface area contributed by atoms with Gasteiger partial charge in [0.05, 0.1) is 11.6 Å². The lowest BCUT2D eigenvalue weighted by Gasteiger charge is -2.19. The van der Waals surface area contributed by atoms with E-state index in [9.17, 15) is 9.59 Å². The second-order valence-corrected chi connectivity index (χ2v) is 7.73. The molecule has 4 nitrogen and oxygen atoms in total. The van der Waals surface area contributed by atoms with Crippen molar-refractivity contribution in [1.82, 2.24) is 5.32 Å². The van der Waals surface area contributed by atoms with Crippen molar-refractivity contribution >= 4 is 28.8 Å². The zero-order chi connectivity index (χ0) is 17.3. The van der Waals surface area contributed by atoms with Gasteiger partial charge in [-0.05, 0) is 51.0 Å². The fourth-order valence-corrected chi connectivity index (χ4v) is 4.02. The number of nitrogens with zero attached hydrogens (tertiary/aromatic N) is 1. The number of benzene rings is 1. The minimum absolute atomic E-state index is 0.0491. The molecule has 2 amide bonds. The van der Waals surface area contributed by atoms with Crippen LogP contribution in [0.2, 0.25) is 0 Å². The van der Waals surface area contributed by atoms with E-state index in [-0.39, 0.29) is 17.9 Å². The molecule has 1 fully saturated rings. The highest BCUT2D eigenvalue weighted by Crippen LogP contribution is 2.26. The highest BCUT2D eigenvalue weighted by molar-refractivity contribution is 7.12. The molecule has 0 spiro atoms. The zero-order valence-corrected chi connectivity index (χ0v) is 15.1. The van der Waals surface area contributed by atoms with Crippen LogP contribution in [0.1, 0.15) is 51.5 Å². The molecule has 2 aromatic rings. The van der Waals surface area contributed by atoms with Crippen molar-refractivity contribution in [2.45, 2.75) is 39.7 Å². The molecule has 0 saturated carbocycles. The van der Waals surface area contributed by atoms with E-state index >= 15 is 0 Å². The van der Waals surface area contributed by atoms with Crippen molar-refractivity contribution in [2.75, 3.05) is 11.4 Å². The first-order valence-corrected chi connectivity index (χ1v) is 9.05. The van der Waals surface area contributed by atoms with Crippen LogP contribution in [-0.2, 0) is 4.79 Å². The molecule has 126 valence electrons. The average Bonchev–Trinajstić information content (AvgIpc) is 3.12. The first kappa shape index (κ1) is 16.7. The summed E-state index contributed by atoms with van der Waals surface area (Å²) >= 11 is 1.63. The summed E-state index contributed by atoms with van der Waals surface area (Å²) in [6.45, 7) is 6.72. The number of thiophene rings is 1. The maximum atomic E-state index is 12.5. The predicted molar refractivity (Wildman–Crippen MR) is 97.7 cm³/mol. The van der Waals surface area contributed by atoms with Gasteiger partial charge in [0, 0.05) is 28.4 Å². The molecule has 0 bridgehead atoms. The van der Waals surface area contributed by atoms with E-state index in [1.54, 1.807) is 11.3 Å². The van der Waals surface area contributed by atoms with Crippen molar-refractivity contribution in [3.05, 3.63) is 51.2 Å². The zero-order valence-electron chi connectivity index (χ0n) is 14.3. The molecule has 2 heterocycles. The largest absolute Gasteiger partial charge is 0.345 e. The van der Waals surface area contributed by atoms with Gasteiger partial charge in [-0.2, -0.15) is 0 Å². The summed E-state index contributed by atoms with van der Waals surface area (Å²) in [7, 11) is 0. The topological polar surface area (TPSA) is 49.4 Å². The van der Waals surface area contributed by atoms with Gasteiger partial charge in [0.1, 0.15) is 0 Å².